The second-order valence-corrected chi connectivity index (χ2v) is 9.23. The average Bonchev–Trinajstić information content (AvgIpc) is 3.51. The molecular weight excluding hydrogens is 398 g/mol. The van der Waals surface area contributed by atoms with Crippen LogP contribution in [0.25, 0.3) is 11.5 Å². The van der Waals surface area contributed by atoms with Gasteiger partial charge in [-0.15, -0.1) is 0 Å². The number of amides is 1. The molecule has 1 saturated carbocycles. The van der Waals surface area contributed by atoms with Crippen molar-refractivity contribution < 1.29 is 4.79 Å². The third-order valence-corrected chi connectivity index (χ3v) is 6.97. The smallest absolute Gasteiger partial charge is 0.223 e. The van der Waals surface area contributed by atoms with Crippen LogP contribution in [0.1, 0.15) is 50.5 Å². The number of aromatic nitrogens is 3. The number of nitrogens with zero attached hydrogens (tertiary/aromatic N) is 4. The third kappa shape index (κ3) is 4.65. The zero-order valence-electron chi connectivity index (χ0n) is 18.7. The van der Waals surface area contributed by atoms with E-state index in [1.807, 2.05) is 41.2 Å². The first-order valence-electron chi connectivity index (χ1n) is 12.1. The highest BCUT2D eigenvalue weighted by Gasteiger charge is 2.28. The molecule has 1 aromatic carbocycles. The van der Waals surface area contributed by atoms with E-state index in [1.165, 1.54) is 24.8 Å². The van der Waals surface area contributed by atoms with Gasteiger partial charge in [-0.25, -0.2) is 4.68 Å². The summed E-state index contributed by atoms with van der Waals surface area (Å²) in [6.45, 7) is 2.74. The molecule has 1 aliphatic carbocycles. The highest BCUT2D eigenvalue weighted by molar-refractivity contribution is 5.79. The molecule has 0 unspecified atom stereocenters. The van der Waals surface area contributed by atoms with Crippen LogP contribution in [0.5, 0.6) is 0 Å². The lowest BCUT2D eigenvalue weighted by Gasteiger charge is -2.32. The van der Waals surface area contributed by atoms with Gasteiger partial charge >= 0.3 is 0 Å². The summed E-state index contributed by atoms with van der Waals surface area (Å²) in [5.74, 6) is 1.52. The van der Waals surface area contributed by atoms with Gasteiger partial charge in [-0.1, -0.05) is 37.5 Å². The number of hydrogen-bond donors (Lipinski definition) is 1. The largest absolute Gasteiger partial charge is 0.353 e. The molecule has 2 fully saturated rings. The van der Waals surface area contributed by atoms with Gasteiger partial charge in [-0.2, -0.15) is 5.10 Å². The summed E-state index contributed by atoms with van der Waals surface area (Å²) in [4.78, 5) is 15.2. The number of hydrogen-bond acceptors (Lipinski definition) is 3. The molecule has 1 saturated heterocycles. The van der Waals surface area contributed by atoms with Crippen molar-refractivity contribution in [3.8, 4) is 11.5 Å². The summed E-state index contributed by atoms with van der Waals surface area (Å²) < 4.78 is 4.15. The fourth-order valence-corrected chi connectivity index (χ4v) is 5.16. The molecule has 168 valence electrons. The first kappa shape index (κ1) is 21.0. The van der Waals surface area contributed by atoms with Crippen molar-refractivity contribution in [1.82, 2.24) is 24.6 Å². The summed E-state index contributed by atoms with van der Waals surface area (Å²) in [5, 5.41) is 8.05. The summed E-state index contributed by atoms with van der Waals surface area (Å²) in [6.07, 6.45) is 14.1. The Labute approximate surface area is 190 Å². The molecule has 6 nitrogen and oxygen atoms in total. The van der Waals surface area contributed by atoms with E-state index >= 15 is 0 Å². The monoisotopic (exact) mass is 431 g/mol. The van der Waals surface area contributed by atoms with E-state index in [9.17, 15) is 4.79 Å². The minimum atomic E-state index is 0.157. The van der Waals surface area contributed by atoms with Crippen molar-refractivity contribution in [2.45, 2.75) is 57.5 Å². The van der Waals surface area contributed by atoms with Gasteiger partial charge in [0, 0.05) is 36.5 Å². The van der Waals surface area contributed by atoms with Crippen LogP contribution in [-0.4, -0.2) is 44.3 Å². The van der Waals surface area contributed by atoms with Crippen LogP contribution in [0.3, 0.4) is 0 Å². The molecule has 1 amide bonds. The first-order chi connectivity index (χ1) is 15.8. The molecule has 0 spiro atoms. The topological polar surface area (TPSA) is 55.1 Å². The lowest BCUT2D eigenvalue weighted by molar-refractivity contribution is -0.127. The van der Waals surface area contributed by atoms with Crippen molar-refractivity contribution in [1.29, 1.82) is 0 Å². The molecule has 1 aliphatic heterocycles. The van der Waals surface area contributed by atoms with Gasteiger partial charge < -0.3 is 9.88 Å². The third-order valence-electron chi connectivity index (χ3n) is 6.97. The minimum absolute atomic E-state index is 0.157. The number of piperidine rings is 1. The SMILES string of the molecule is O=C(NC1CCCCC1)C1CCN(Cc2cnn(-c3ccccc3)c2-n2cccc2)CC1. The molecule has 32 heavy (non-hydrogen) atoms. The van der Waals surface area contributed by atoms with Crippen molar-refractivity contribution >= 4 is 5.91 Å². The predicted octanol–water partition coefficient (Wildman–Crippen LogP) is 4.32. The van der Waals surface area contributed by atoms with Crippen molar-refractivity contribution in [2.24, 2.45) is 5.92 Å². The Morgan fingerprint density at radius 3 is 2.38 bits per heavy atom. The van der Waals surface area contributed by atoms with E-state index in [4.69, 9.17) is 5.10 Å². The van der Waals surface area contributed by atoms with Gasteiger partial charge in [0.1, 0.15) is 5.82 Å². The number of carbonyl (C=O) groups is 1. The van der Waals surface area contributed by atoms with Crippen molar-refractivity contribution in [3.05, 3.63) is 66.6 Å². The predicted molar refractivity (Wildman–Crippen MR) is 126 cm³/mol. The second kappa shape index (κ2) is 9.74. The van der Waals surface area contributed by atoms with E-state index in [-0.39, 0.29) is 11.8 Å². The van der Waals surface area contributed by atoms with E-state index in [0.29, 0.717) is 6.04 Å². The van der Waals surface area contributed by atoms with E-state index in [2.05, 4.69) is 39.3 Å². The molecule has 3 aromatic rings. The average molecular weight is 432 g/mol. The van der Waals surface area contributed by atoms with Crippen LogP contribution in [-0.2, 0) is 11.3 Å². The Bertz CT molecular complexity index is 996. The maximum atomic E-state index is 12.8. The summed E-state index contributed by atoms with van der Waals surface area (Å²) >= 11 is 0. The lowest BCUT2D eigenvalue weighted by atomic mass is 9.92. The zero-order valence-corrected chi connectivity index (χ0v) is 18.7. The fraction of sp³-hybridized carbons (Fsp3) is 0.462. The summed E-state index contributed by atoms with van der Waals surface area (Å²) in [7, 11) is 0. The van der Waals surface area contributed by atoms with E-state index < -0.39 is 0 Å². The maximum absolute atomic E-state index is 12.8. The number of likely N-dealkylation sites (tertiary alicyclic amines) is 1. The molecular formula is C26H33N5O. The summed E-state index contributed by atoms with van der Waals surface area (Å²) in [5.41, 5.74) is 2.26. The van der Waals surface area contributed by atoms with Gasteiger partial charge in [-0.05, 0) is 63.0 Å². The lowest BCUT2D eigenvalue weighted by Crippen LogP contribution is -2.44. The Morgan fingerprint density at radius 2 is 1.66 bits per heavy atom. The number of benzene rings is 1. The summed E-state index contributed by atoms with van der Waals surface area (Å²) in [6, 6.07) is 14.8. The minimum Gasteiger partial charge on any atom is -0.353 e. The Hall–Kier alpha value is -2.86. The van der Waals surface area contributed by atoms with Crippen LogP contribution in [0.15, 0.2) is 61.1 Å². The van der Waals surface area contributed by atoms with Gasteiger partial charge in [0.15, 0.2) is 0 Å². The van der Waals surface area contributed by atoms with Gasteiger partial charge in [0.05, 0.1) is 11.9 Å². The number of carbonyl (C=O) groups excluding carboxylic acids is 1. The van der Waals surface area contributed by atoms with Crippen LogP contribution in [0.4, 0.5) is 0 Å². The van der Waals surface area contributed by atoms with Gasteiger partial charge in [0.25, 0.3) is 0 Å². The maximum Gasteiger partial charge on any atom is 0.223 e. The van der Waals surface area contributed by atoms with Crippen molar-refractivity contribution in [3.63, 3.8) is 0 Å². The highest BCUT2D eigenvalue weighted by Crippen LogP contribution is 2.25. The highest BCUT2D eigenvalue weighted by atomic mass is 16.1. The number of rotatable bonds is 6. The first-order valence-corrected chi connectivity index (χ1v) is 12.1. The number of nitrogens with one attached hydrogen (secondary N) is 1. The fourth-order valence-electron chi connectivity index (χ4n) is 5.16. The molecule has 0 bridgehead atoms. The molecule has 2 aliphatic rings. The molecule has 6 heteroatoms. The molecule has 3 heterocycles. The molecule has 1 N–H and O–H groups in total. The molecule has 0 atom stereocenters. The van der Waals surface area contributed by atoms with Crippen LogP contribution in [0.2, 0.25) is 0 Å². The Kier molecular flexibility index (Phi) is 6.39. The van der Waals surface area contributed by atoms with E-state index in [0.717, 1.165) is 56.8 Å². The quantitative estimate of drug-likeness (QED) is 0.632. The second-order valence-electron chi connectivity index (χ2n) is 9.23. The standard InChI is InChI=1S/C26H33N5O/c32-25(28-23-9-3-1-4-10-23)21-13-17-29(18-14-21)20-22-19-27-31(24-11-5-2-6-12-24)26(22)30-15-7-8-16-30/h2,5-8,11-12,15-16,19,21,23H,1,3-4,9-10,13-14,17-18,20H2,(H,28,32). The van der Waals surface area contributed by atoms with Gasteiger partial charge in [0.2, 0.25) is 5.91 Å². The van der Waals surface area contributed by atoms with E-state index in [1.54, 1.807) is 0 Å². The normalized spacial score (nSPS) is 18.6. The van der Waals surface area contributed by atoms with Crippen molar-refractivity contribution in [2.75, 3.05) is 13.1 Å². The molecule has 5 rings (SSSR count). The Morgan fingerprint density at radius 1 is 0.938 bits per heavy atom. The van der Waals surface area contributed by atoms with Crippen LogP contribution >= 0.6 is 0 Å². The number of para-hydroxylation sites is 1. The van der Waals surface area contributed by atoms with Gasteiger partial charge in [-0.3, -0.25) is 9.69 Å². The molecule has 0 radical (unpaired) electrons. The molecule has 2 aromatic heterocycles. The Balaban J connectivity index is 1.24. The zero-order chi connectivity index (χ0) is 21.8. The van der Waals surface area contributed by atoms with Crippen LogP contribution < -0.4 is 5.32 Å². The van der Waals surface area contributed by atoms with Crippen LogP contribution in [0, 0.1) is 5.92 Å².